The van der Waals surface area contributed by atoms with E-state index in [2.05, 4.69) is 86.8 Å². The van der Waals surface area contributed by atoms with Gasteiger partial charge in [-0.25, -0.2) is 4.57 Å². The summed E-state index contributed by atoms with van der Waals surface area (Å²) >= 11 is 0. The number of ether oxygens (including phenoxy) is 2. The summed E-state index contributed by atoms with van der Waals surface area (Å²) in [7, 11) is -4.39. The van der Waals surface area contributed by atoms with Gasteiger partial charge in [0, 0.05) is 19.4 Å². The van der Waals surface area contributed by atoms with Crippen LogP contribution in [0.3, 0.4) is 0 Å². The molecule has 0 saturated heterocycles. The van der Waals surface area contributed by atoms with Gasteiger partial charge in [0.2, 0.25) is 0 Å². The van der Waals surface area contributed by atoms with Gasteiger partial charge in [0.1, 0.15) is 6.61 Å². The molecule has 10 heteroatoms. The molecule has 0 radical (unpaired) electrons. The Labute approximate surface area is 348 Å². The van der Waals surface area contributed by atoms with Gasteiger partial charge < -0.3 is 20.1 Å². The van der Waals surface area contributed by atoms with Gasteiger partial charge in [-0.05, 0) is 83.5 Å². The summed E-state index contributed by atoms with van der Waals surface area (Å²) in [4.78, 5) is 34.9. The zero-order valence-corrected chi connectivity index (χ0v) is 36.9. The van der Waals surface area contributed by atoms with Crippen molar-refractivity contribution in [2.75, 3.05) is 26.4 Å². The maximum Gasteiger partial charge on any atom is 0.472 e. The molecule has 57 heavy (non-hydrogen) atoms. The van der Waals surface area contributed by atoms with Crippen molar-refractivity contribution in [1.29, 1.82) is 0 Å². The molecule has 9 nitrogen and oxygen atoms in total. The summed E-state index contributed by atoms with van der Waals surface area (Å²) < 4.78 is 32.8. The van der Waals surface area contributed by atoms with Gasteiger partial charge in [-0.2, -0.15) is 0 Å². The topological polar surface area (TPSA) is 134 Å². The second-order valence-electron chi connectivity index (χ2n) is 14.6. The lowest BCUT2D eigenvalue weighted by molar-refractivity contribution is -0.161. The first-order valence-electron chi connectivity index (χ1n) is 22.4. The van der Waals surface area contributed by atoms with Gasteiger partial charge in [0.05, 0.1) is 13.2 Å². The third-order valence-corrected chi connectivity index (χ3v) is 10.0. The number of phosphoric acid groups is 1. The molecule has 1 unspecified atom stereocenters. The quantitative estimate of drug-likeness (QED) is 0.0267. The predicted molar refractivity (Wildman–Crippen MR) is 238 cm³/mol. The summed E-state index contributed by atoms with van der Waals surface area (Å²) in [5.74, 6) is -0.874. The minimum Gasteiger partial charge on any atom is -0.462 e. The van der Waals surface area contributed by atoms with Crippen LogP contribution in [0, 0.1) is 0 Å². The molecule has 0 rings (SSSR count). The van der Waals surface area contributed by atoms with Crippen LogP contribution in [-0.4, -0.2) is 49.3 Å². The molecule has 3 N–H and O–H groups in total. The lowest BCUT2D eigenvalue weighted by Crippen LogP contribution is -2.29. The second kappa shape index (κ2) is 43.0. The predicted octanol–water partition coefficient (Wildman–Crippen LogP) is 13.1. The zero-order chi connectivity index (χ0) is 41.8. The zero-order valence-electron chi connectivity index (χ0n) is 36.0. The highest BCUT2D eigenvalue weighted by Crippen LogP contribution is 2.43. The molecular formula is C47H82NO8P. The lowest BCUT2D eigenvalue weighted by atomic mass is 10.1. The highest BCUT2D eigenvalue weighted by molar-refractivity contribution is 7.47. The van der Waals surface area contributed by atoms with E-state index in [-0.39, 0.29) is 32.6 Å². The summed E-state index contributed by atoms with van der Waals surface area (Å²) in [6, 6.07) is 0. The number of hydrogen-bond donors (Lipinski definition) is 2. The van der Waals surface area contributed by atoms with Crippen LogP contribution in [-0.2, 0) is 32.7 Å². The maximum absolute atomic E-state index is 12.6. The van der Waals surface area contributed by atoms with E-state index in [9.17, 15) is 19.0 Å². The molecule has 0 amide bonds. The highest BCUT2D eigenvalue weighted by Gasteiger charge is 2.26. The molecule has 0 aliphatic carbocycles. The molecular weight excluding hydrogens is 737 g/mol. The number of hydrogen-bond acceptors (Lipinski definition) is 8. The Balaban J connectivity index is 4.20. The van der Waals surface area contributed by atoms with Crippen molar-refractivity contribution < 1.29 is 37.6 Å². The van der Waals surface area contributed by atoms with Crippen molar-refractivity contribution in [3.8, 4) is 0 Å². The monoisotopic (exact) mass is 820 g/mol. The molecule has 0 bridgehead atoms. The smallest absolute Gasteiger partial charge is 0.462 e. The minimum absolute atomic E-state index is 0.0438. The molecule has 328 valence electrons. The van der Waals surface area contributed by atoms with Crippen LogP contribution in [0.15, 0.2) is 72.9 Å². The number of nitrogens with two attached hydrogens (primary N) is 1. The van der Waals surface area contributed by atoms with E-state index in [1.165, 1.54) is 64.2 Å². The van der Waals surface area contributed by atoms with E-state index in [0.717, 1.165) is 83.5 Å². The number of carbonyl (C=O) groups excluding carboxylic acids is 2. The van der Waals surface area contributed by atoms with E-state index in [1.54, 1.807) is 0 Å². The lowest BCUT2D eigenvalue weighted by Gasteiger charge is -2.19. The van der Waals surface area contributed by atoms with Gasteiger partial charge >= 0.3 is 19.8 Å². The number of phosphoric ester groups is 1. The van der Waals surface area contributed by atoms with E-state index >= 15 is 0 Å². The molecule has 0 spiro atoms. The van der Waals surface area contributed by atoms with Crippen molar-refractivity contribution in [3.63, 3.8) is 0 Å². The fraction of sp³-hybridized carbons (Fsp3) is 0.702. The Morgan fingerprint density at radius 3 is 1.44 bits per heavy atom. The number of rotatable bonds is 41. The first-order valence-corrected chi connectivity index (χ1v) is 23.9. The molecule has 0 aromatic carbocycles. The number of allylic oxidation sites excluding steroid dienone is 12. The molecule has 2 atom stereocenters. The Hall–Kier alpha value is -2.55. The van der Waals surface area contributed by atoms with E-state index in [0.29, 0.717) is 6.42 Å². The first-order chi connectivity index (χ1) is 27.8. The van der Waals surface area contributed by atoms with Crippen molar-refractivity contribution in [3.05, 3.63) is 72.9 Å². The van der Waals surface area contributed by atoms with Crippen LogP contribution < -0.4 is 5.73 Å². The second-order valence-corrected chi connectivity index (χ2v) is 16.0. The molecule has 0 aliphatic heterocycles. The first kappa shape index (κ1) is 54.5. The van der Waals surface area contributed by atoms with Crippen LogP contribution in [0.2, 0.25) is 0 Å². The van der Waals surface area contributed by atoms with Gasteiger partial charge in [0.15, 0.2) is 6.10 Å². The Bertz CT molecular complexity index is 1160. The van der Waals surface area contributed by atoms with Crippen molar-refractivity contribution >= 4 is 19.8 Å². The molecule has 0 aromatic rings. The molecule has 0 heterocycles. The highest BCUT2D eigenvalue weighted by atomic mass is 31.2. The van der Waals surface area contributed by atoms with Crippen LogP contribution >= 0.6 is 7.82 Å². The largest absolute Gasteiger partial charge is 0.472 e. The summed E-state index contributed by atoms with van der Waals surface area (Å²) in [6.07, 6.45) is 52.1. The fourth-order valence-corrected chi connectivity index (χ4v) is 6.48. The summed E-state index contributed by atoms with van der Waals surface area (Å²) in [5, 5.41) is 0. The van der Waals surface area contributed by atoms with E-state index < -0.39 is 32.5 Å². The number of unbranched alkanes of at least 4 members (excludes halogenated alkanes) is 16. The molecule has 0 fully saturated rings. The van der Waals surface area contributed by atoms with Crippen LogP contribution in [0.5, 0.6) is 0 Å². The van der Waals surface area contributed by atoms with Gasteiger partial charge in [-0.15, -0.1) is 0 Å². The van der Waals surface area contributed by atoms with Crippen molar-refractivity contribution in [2.24, 2.45) is 5.73 Å². The molecule has 0 aliphatic rings. The standard InChI is InChI=1S/C47H82NO8P/c1-3-5-7-9-11-13-15-17-19-21-22-24-25-27-29-31-33-35-37-39-46(49)53-43-45(44-55-57(51,52)54-42-41-48)56-47(50)40-38-36-34-32-30-28-26-23-20-18-16-14-12-10-8-6-4-2/h8,10-11,13-14,16-17,19-20,23,28,30,45H,3-7,9,12,15,18,21-22,24-27,29,31-44,48H2,1-2H3,(H,51,52)/b10-8+,13-11+,16-14+,19-17+,23-20+,30-28+/t45-/m1/s1. The third-order valence-electron chi connectivity index (χ3n) is 9.05. The van der Waals surface area contributed by atoms with Crippen LogP contribution in [0.25, 0.3) is 0 Å². The van der Waals surface area contributed by atoms with E-state index in [1.807, 2.05) is 0 Å². The molecule has 0 saturated carbocycles. The SMILES string of the molecule is CCC/C=C/C/C=C/C/C=C/C/C=C/CCCCCC(=O)O[C@H](COC(=O)CCCCCCCCCCC/C=C/C/C=C/CCCCC)COP(=O)(O)OCCN. The van der Waals surface area contributed by atoms with Gasteiger partial charge in [0.25, 0.3) is 0 Å². The van der Waals surface area contributed by atoms with Gasteiger partial charge in [-0.3, -0.25) is 18.6 Å². The third kappa shape index (κ3) is 42.9. The van der Waals surface area contributed by atoms with Crippen molar-refractivity contribution in [1.82, 2.24) is 0 Å². The average molecular weight is 820 g/mol. The maximum atomic E-state index is 12.6. The Kier molecular flexibility index (Phi) is 41.1. The Morgan fingerprint density at radius 1 is 0.526 bits per heavy atom. The van der Waals surface area contributed by atoms with E-state index in [4.69, 9.17) is 24.3 Å². The number of esters is 2. The van der Waals surface area contributed by atoms with Gasteiger partial charge in [-0.1, -0.05) is 157 Å². The summed E-state index contributed by atoms with van der Waals surface area (Å²) in [6.45, 7) is 3.59. The number of carbonyl (C=O) groups is 2. The van der Waals surface area contributed by atoms with Crippen LogP contribution in [0.4, 0.5) is 0 Å². The Morgan fingerprint density at radius 2 is 0.947 bits per heavy atom. The van der Waals surface area contributed by atoms with Crippen LogP contribution in [0.1, 0.15) is 181 Å². The normalized spacial score (nSPS) is 14.0. The summed E-state index contributed by atoms with van der Waals surface area (Å²) in [5.41, 5.74) is 5.35. The van der Waals surface area contributed by atoms with Crippen molar-refractivity contribution in [2.45, 2.75) is 187 Å². The molecule has 0 aromatic heterocycles. The average Bonchev–Trinajstić information content (AvgIpc) is 3.20. The fourth-order valence-electron chi connectivity index (χ4n) is 5.71. The minimum atomic E-state index is -4.39.